The van der Waals surface area contributed by atoms with Crippen LogP contribution in [0.25, 0.3) is 22.2 Å². The fraction of sp³-hybridized carbons (Fsp3) is 0.238. The Morgan fingerprint density at radius 1 is 1.12 bits per heavy atom. The molecule has 0 aliphatic carbocycles. The smallest absolute Gasteiger partial charge is 0.336 e. The lowest BCUT2D eigenvalue weighted by atomic mass is 10.0. The summed E-state index contributed by atoms with van der Waals surface area (Å²) in [4.78, 5) is 16.4. The molecule has 0 radical (unpaired) electrons. The first-order valence-corrected chi connectivity index (χ1v) is 8.39. The summed E-state index contributed by atoms with van der Waals surface area (Å²) in [6.07, 6.45) is 0.0230. The average Bonchev–Trinajstić information content (AvgIpc) is 2.61. The summed E-state index contributed by atoms with van der Waals surface area (Å²) >= 11 is 0. The second-order valence-corrected chi connectivity index (χ2v) is 6.36. The summed E-state index contributed by atoms with van der Waals surface area (Å²) in [5, 5.41) is 10.2. The first-order valence-electron chi connectivity index (χ1n) is 8.39. The summed E-state index contributed by atoms with van der Waals surface area (Å²) in [7, 11) is 1.58. The van der Waals surface area contributed by atoms with E-state index in [1.165, 1.54) is 0 Å². The number of methoxy groups -OCH3 is 1. The first kappa shape index (κ1) is 17.7. The second-order valence-electron chi connectivity index (χ2n) is 6.36. The number of hydrogen-bond acceptors (Lipinski definition) is 4. The van der Waals surface area contributed by atoms with E-state index in [0.29, 0.717) is 28.1 Å². The Morgan fingerprint density at radius 2 is 1.88 bits per heavy atom. The molecule has 5 nitrogen and oxygen atoms in total. The van der Waals surface area contributed by atoms with E-state index in [0.717, 1.165) is 11.1 Å². The van der Waals surface area contributed by atoms with E-state index in [9.17, 15) is 9.90 Å². The van der Waals surface area contributed by atoms with Gasteiger partial charge in [-0.05, 0) is 50.6 Å². The Morgan fingerprint density at radius 3 is 2.54 bits per heavy atom. The molecule has 0 bridgehead atoms. The number of rotatable bonds is 5. The Labute approximate surface area is 152 Å². The van der Waals surface area contributed by atoms with E-state index in [2.05, 4.69) is 0 Å². The molecule has 1 aromatic heterocycles. The zero-order valence-corrected chi connectivity index (χ0v) is 15.2. The number of aryl methyl sites for hydroxylation is 1. The minimum Gasteiger partial charge on any atom is -0.493 e. The molecule has 2 aromatic carbocycles. The molecule has 0 spiro atoms. The van der Waals surface area contributed by atoms with Gasteiger partial charge in [-0.15, -0.1) is 0 Å². The molecule has 5 heteroatoms. The Bertz CT molecular complexity index is 979. The average molecular weight is 351 g/mol. The number of fused-ring (bicyclic) bond motifs is 1. The molecule has 26 heavy (non-hydrogen) atoms. The van der Waals surface area contributed by atoms with Crippen molar-refractivity contribution in [2.45, 2.75) is 26.9 Å². The van der Waals surface area contributed by atoms with Gasteiger partial charge in [-0.25, -0.2) is 9.78 Å². The summed E-state index contributed by atoms with van der Waals surface area (Å²) < 4.78 is 11.2. The lowest BCUT2D eigenvalue weighted by Gasteiger charge is -2.15. The topological polar surface area (TPSA) is 68.7 Å². The van der Waals surface area contributed by atoms with Crippen LogP contribution in [-0.2, 0) is 0 Å². The maximum atomic E-state index is 11.7. The quantitative estimate of drug-likeness (QED) is 0.721. The maximum Gasteiger partial charge on any atom is 0.336 e. The number of nitrogens with zero attached hydrogens (tertiary/aromatic N) is 1. The van der Waals surface area contributed by atoms with Crippen molar-refractivity contribution < 1.29 is 19.4 Å². The molecular weight excluding hydrogens is 330 g/mol. The first-order chi connectivity index (χ1) is 12.4. The van der Waals surface area contributed by atoms with Crippen molar-refractivity contribution in [3.63, 3.8) is 0 Å². The van der Waals surface area contributed by atoms with E-state index >= 15 is 0 Å². The number of carbonyl (C=O) groups is 1. The molecule has 1 N–H and O–H groups in total. The van der Waals surface area contributed by atoms with Gasteiger partial charge < -0.3 is 14.6 Å². The van der Waals surface area contributed by atoms with Crippen LogP contribution in [0.4, 0.5) is 0 Å². The van der Waals surface area contributed by atoms with Crippen molar-refractivity contribution in [3.8, 4) is 22.8 Å². The van der Waals surface area contributed by atoms with Crippen molar-refractivity contribution in [2.24, 2.45) is 0 Å². The molecule has 0 saturated carbocycles. The van der Waals surface area contributed by atoms with Gasteiger partial charge in [0.05, 0.1) is 30.0 Å². The zero-order valence-electron chi connectivity index (χ0n) is 15.2. The number of benzene rings is 2. The van der Waals surface area contributed by atoms with Crippen LogP contribution in [0.2, 0.25) is 0 Å². The van der Waals surface area contributed by atoms with Crippen molar-refractivity contribution >= 4 is 16.9 Å². The molecule has 0 saturated heterocycles. The van der Waals surface area contributed by atoms with E-state index in [-0.39, 0.29) is 11.7 Å². The van der Waals surface area contributed by atoms with Gasteiger partial charge in [-0.1, -0.05) is 18.2 Å². The van der Waals surface area contributed by atoms with Crippen LogP contribution in [0.5, 0.6) is 11.5 Å². The largest absolute Gasteiger partial charge is 0.493 e. The normalized spacial score (nSPS) is 11.0. The van der Waals surface area contributed by atoms with Crippen LogP contribution in [0.15, 0.2) is 42.5 Å². The third kappa shape index (κ3) is 3.33. The number of hydrogen-bond donors (Lipinski definition) is 1. The molecular formula is C21H21NO4. The summed E-state index contributed by atoms with van der Waals surface area (Å²) in [6.45, 7) is 5.81. The molecule has 0 aliphatic heterocycles. The van der Waals surface area contributed by atoms with Crippen molar-refractivity contribution in [3.05, 3.63) is 53.6 Å². The monoisotopic (exact) mass is 351 g/mol. The molecule has 3 aromatic rings. The van der Waals surface area contributed by atoms with Crippen molar-refractivity contribution in [1.29, 1.82) is 0 Å². The van der Waals surface area contributed by atoms with Gasteiger partial charge >= 0.3 is 5.97 Å². The predicted octanol–water partition coefficient (Wildman–Crippen LogP) is 4.70. The second kappa shape index (κ2) is 7.04. The molecule has 1 heterocycles. The molecule has 3 rings (SSSR count). The van der Waals surface area contributed by atoms with Gasteiger partial charge in [0.25, 0.3) is 0 Å². The number of carboxylic acid groups (broad SMARTS) is 1. The van der Waals surface area contributed by atoms with Gasteiger partial charge in [-0.3, -0.25) is 0 Å². The van der Waals surface area contributed by atoms with Gasteiger partial charge in [0.2, 0.25) is 0 Å². The molecule has 0 unspecified atom stereocenters. The molecule has 0 aliphatic rings. The summed E-state index contributed by atoms with van der Waals surface area (Å²) in [6, 6.07) is 12.6. The van der Waals surface area contributed by atoms with Gasteiger partial charge in [0, 0.05) is 10.9 Å². The number of ether oxygens (including phenoxy) is 2. The number of carboxylic acids is 1. The van der Waals surface area contributed by atoms with Crippen LogP contribution in [0.3, 0.4) is 0 Å². The minimum atomic E-state index is -0.976. The van der Waals surface area contributed by atoms with E-state index in [4.69, 9.17) is 14.5 Å². The maximum absolute atomic E-state index is 11.7. The zero-order chi connectivity index (χ0) is 18.8. The lowest BCUT2D eigenvalue weighted by molar-refractivity contribution is 0.0699. The fourth-order valence-electron chi connectivity index (χ4n) is 2.89. The molecule has 0 atom stereocenters. The fourth-order valence-corrected chi connectivity index (χ4v) is 2.89. The number of pyridine rings is 1. The van der Waals surface area contributed by atoms with Gasteiger partial charge in [-0.2, -0.15) is 0 Å². The highest BCUT2D eigenvalue weighted by molar-refractivity contribution is 6.04. The van der Waals surface area contributed by atoms with Crippen LogP contribution in [0, 0.1) is 6.92 Å². The Balaban J connectivity index is 2.19. The lowest BCUT2D eigenvalue weighted by Crippen LogP contribution is -2.06. The van der Waals surface area contributed by atoms with Gasteiger partial charge in [0.15, 0.2) is 11.5 Å². The third-order valence-electron chi connectivity index (χ3n) is 4.09. The summed E-state index contributed by atoms with van der Waals surface area (Å²) in [5.41, 5.74) is 3.20. The standard InChI is InChI=1S/C21H21NO4/c1-12(2)26-18-9-8-14(10-19(18)25-4)17-11-16(21(23)24)15-7-5-6-13(3)20(15)22-17/h5-12H,1-4H3,(H,23,24). The summed E-state index contributed by atoms with van der Waals surface area (Å²) in [5.74, 6) is 0.248. The van der Waals surface area contributed by atoms with E-state index < -0.39 is 5.97 Å². The highest BCUT2D eigenvalue weighted by Gasteiger charge is 2.15. The number of para-hydroxylation sites is 1. The van der Waals surface area contributed by atoms with Crippen LogP contribution in [-0.4, -0.2) is 29.3 Å². The minimum absolute atomic E-state index is 0.0230. The van der Waals surface area contributed by atoms with Crippen LogP contribution >= 0.6 is 0 Å². The highest BCUT2D eigenvalue weighted by Crippen LogP contribution is 2.34. The van der Waals surface area contributed by atoms with E-state index in [1.807, 2.05) is 51.1 Å². The van der Waals surface area contributed by atoms with Crippen molar-refractivity contribution in [2.75, 3.05) is 7.11 Å². The van der Waals surface area contributed by atoms with Crippen LogP contribution < -0.4 is 9.47 Å². The van der Waals surface area contributed by atoms with Gasteiger partial charge in [0.1, 0.15) is 0 Å². The highest BCUT2D eigenvalue weighted by atomic mass is 16.5. The van der Waals surface area contributed by atoms with Crippen molar-refractivity contribution in [1.82, 2.24) is 4.98 Å². The molecule has 0 fully saturated rings. The molecule has 134 valence electrons. The SMILES string of the molecule is COc1cc(-c2cc(C(=O)O)c3cccc(C)c3n2)ccc1OC(C)C. The number of aromatic nitrogens is 1. The predicted molar refractivity (Wildman–Crippen MR) is 101 cm³/mol. The Kier molecular flexibility index (Phi) is 4.80. The molecule has 0 amide bonds. The number of aromatic carboxylic acids is 1. The third-order valence-corrected chi connectivity index (χ3v) is 4.09. The Hall–Kier alpha value is -3.08. The van der Waals surface area contributed by atoms with Crippen LogP contribution in [0.1, 0.15) is 29.8 Å². The van der Waals surface area contributed by atoms with E-state index in [1.54, 1.807) is 19.2 Å².